The minimum absolute atomic E-state index is 0.104. The summed E-state index contributed by atoms with van der Waals surface area (Å²) in [5, 5.41) is 12.2. The number of nitrogens with one attached hydrogen (secondary N) is 1. The molecule has 26 heavy (non-hydrogen) atoms. The molecule has 0 radical (unpaired) electrons. The molecule has 8 heteroatoms. The van der Waals surface area contributed by atoms with Crippen LogP contribution in [0.5, 0.6) is 5.75 Å². The Kier molecular flexibility index (Phi) is 4.44. The molecule has 1 aromatic carbocycles. The molecule has 1 aliphatic heterocycles. The van der Waals surface area contributed by atoms with Crippen LogP contribution in [0.4, 0.5) is 0 Å². The van der Waals surface area contributed by atoms with E-state index >= 15 is 0 Å². The molecule has 2 aromatic heterocycles. The second-order valence-electron chi connectivity index (χ2n) is 6.42. The van der Waals surface area contributed by atoms with Gasteiger partial charge in [0.2, 0.25) is 0 Å². The zero-order valence-electron chi connectivity index (χ0n) is 15.1. The summed E-state index contributed by atoms with van der Waals surface area (Å²) < 4.78 is 12.8. The Morgan fingerprint density at radius 3 is 2.88 bits per heavy atom. The molecule has 0 aliphatic carbocycles. The molecule has 3 heterocycles. The first-order valence-corrected chi connectivity index (χ1v) is 8.59. The Morgan fingerprint density at radius 1 is 1.23 bits per heavy atom. The summed E-state index contributed by atoms with van der Waals surface area (Å²) in [4.78, 5) is 6.89. The van der Waals surface area contributed by atoms with E-state index < -0.39 is 0 Å². The number of piperazine rings is 1. The van der Waals surface area contributed by atoms with Crippen molar-refractivity contribution in [2.75, 3.05) is 33.8 Å². The lowest BCUT2D eigenvalue weighted by Gasteiger charge is -2.30. The van der Waals surface area contributed by atoms with Gasteiger partial charge in [-0.3, -0.25) is 9.58 Å². The van der Waals surface area contributed by atoms with E-state index in [-0.39, 0.29) is 6.04 Å². The minimum Gasteiger partial charge on any atom is -0.496 e. The molecule has 1 unspecified atom stereocenters. The SMILES string of the molecule is COc1ccccc1-c1nn(C)cc1-c1nc(C2CNCCN2C)no1. The van der Waals surface area contributed by atoms with Crippen LogP contribution in [-0.2, 0) is 7.05 Å². The number of benzene rings is 1. The van der Waals surface area contributed by atoms with E-state index in [2.05, 4.69) is 32.5 Å². The maximum Gasteiger partial charge on any atom is 0.261 e. The average Bonchev–Trinajstić information content (AvgIpc) is 3.28. The van der Waals surface area contributed by atoms with Gasteiger partial charge in [0.1, 0.15) is 11.4 Å². The summed E-state index contributed by atoms with van der Waals surface area (Å²) in [7, 11) is 5.60. The smallest absolute Gasteiger partial charge is 0.261 e. The third-order valence-electron chi connectivity index (χ3n) is 4.67. The standard InChI is InChI=1S/C18H22N6O2/c1-23-9-8-19-10-14(23)17-20-18(26-22-17)13-11-24(2)21-16(13)12-6-4-5-7-15(12)25-3/h4-7,11,14,19H,8-10H2,1-3H3. The van der Waals surface area contributed by atoms with Crippen molar-refractivity contribution >= 4 is 0 Å². The van der Waals surface area contributed by atoms with Crippen molar-refractivity contribution in [1.82, 2.24) is 30.1 Å². The predicted molar refractivity (Wildman–Crippen MR) is 96.7 cm³/mol. The van der Waals surface area contributed by atoms with Crippen LogP contribution < -0.4 is 10.1 Å². The van der Waals surface area contributed by atoms with Gasteiger partial charge >= 0.3 is 0 Å². The summed E-state index contributed by atoms with van der Waals surface area (Å²) in [6.07, 6.45) is 1.89. The number of para-hydroxylation sites is 1. The number of nitrogens with zero attached hydrogens (tertiary/aromatic N) is 5. The number of hydrogen-bond acceptors (Lipinski definition) is 7. The maximum atomic E-state index is 5.59. The van der Waals surface area contributed by atoms with E-state index in [4.69, 9.17) is 9.26 Å². The first kappa shape index (κ1) is 16.7. The van der Waals surface area contributed by atoms with Crippen molar-refractivity contribution in [3.05, 3.63) is 36.3 Å². The molecule has 0 amide bonds. The molecular formula is C18H22N6O2. The molecule has 1 saturated heterocycles. The van der Waals surface area contributed by atoms with Gasteiger partial charge in [-0.05, 0) is 19.2 Å². The van der Waals surface area contributed by atoms with Crippen molar-refractivity contribution in [3.8, 4) is 28.5 Å². The Labute approximate surface area is 151 Å². The third-order valence-corrected chi connectivity index (χ3v) is 4.67. The van der Waals surface area contributed by atoms with E-state index in [9.17, 15) is 0 Å². The van der Waals surface area contributed by atoms with Crippen LogP contribution in [0.1, 0.15) is 11.9 Å². The lowest BCUT2D eigenvalue weighted by atomic mass is 10.1. The average molecular weight is 354 g/mol. The lowest BCUT2D eigenvalue weighted by Crippen LogP contribution is -2.44. The first-order chi connectivity index (χ1) is 12.7. The zero-order valence-corrected chi connectivity index (χ0v) is 15.1. The summed E-state index contributed by atoms with van der Waals surface area (Å²) in [5.74, 6) is 1.90. The largest absolute Gasteiger partial charge is 0.496 e. The number of hydrogen-bond donors (Lipinski definition) is 1. The highest BCUT2D eigenvalue weighted by Gasteiger charge is 2.27. The number of methoxy groups -OCH3 is 1. The zero-order chi connectivity index (χ0) is 18.1. The number of likely N-dealkylation sites (N-methyl/N-ethyl adjacent to an activating group) is 1. The van der Waals surface area contributed by atoms with Gasteiger partial charge in [0.05, 0.1) is 18.7 Å². The minimum atomic E-state index is 0.104. The lowest BCUT2D eigenvalue weighted by molar-refractivity contribution is 0.190. The Bertz CT molecular complexity index is 903. The van der Waals surface area contributed by atoms with Gasteiger partial charge in [-0.15, -0.1) is 0 Å². The highest BCUT2D eigenvalue weighted by atomic mass is 16.5. The fourth-order valence-electron chi connectivity index (χ4n) is 3.26. The molecule has 1 aliphatic rings. The monoisotopic (exact) mass is 354 g/mol. The quantitative estimate of drug-likeness (QED) is 0.764. The van der Waals surface area contributed by atoms with Gasteiger partial charge in [-0.25, -0.2) is 0 Å². The van der Waals surface area contributed by atoms with Gasteiger partial charge in [-0.2, -0.15) is 10.1 Å². The predicted octanol–water partition coefficient (Wildman–Crippen LogP) is 1.72. The molecule has 1 fully saturated rings. The summed E-state index contributed by atoms with van der Waals surface area (Å²) in [5.41, 5.74) is 2.44. The molecule has 3 aromatic rings. The van der Waals surface area contributed by atoms with Crippen LogP contribution >= 0.6 is 0 Å². The van der Waals surface area contributed by atoms with Crippen LogP contribution in [0.25, 0.3) is 22.7 Å². The van der Waals surface area contributed by atoms with E-state index in [1.807, 2.05) is 37.5 Å². The summed E-state index contributed by atoms with van der Waals surface area (Å²) in [6.45, 7) is 2.73. The van der Waals surface area contributed by atoms with Gasteiger partial charge < -0.3 is 14.6 Å². The van der Waals surface area contributed by atoms with Crippen molar-refractivity contribution in [1.29, 1.82) is 0 Å². The molecule has 1 atom stereocenters. The van der Waals surface area contributed by atoms with E-state index in [1.165, 1.54) is 0 Å². The van der Waals surface area contributed by atoms with E-state index in [0.717, 1.165) is 42.2 Å². The summed E-state index contributed by atoms with van der Waals surface area (Å²) in [6, 6.07) is 7.88. The Hall–Kier alpha value is -2.71. The fraction of sp³-hybridized carbons (Fsp3) is 0.389. The number of aryl methyl sites for hydroxylation is 1. The molecule has 8 nitrogen and oxygen atoms in total. The first-order valence-electron chi connectivity index (χ1n) is 8.59. The maximum absolute atomic E-state index is 5.59. The van der Waals surface area contributed by atoms with Crippen molar-refractivity contribution in [3.63, 3.8) is 0 Å². The van der Waals surface area contributed by atoms with Gasteiger partial charge in [0.15, 0.2) is 5.82 Å². The highest BCUT2D eigenvalue weighted by Crippen LogP contribution is 2.35. The number of ether oxygens (including phenoxy) is 1. The Morgan fingerprint density at radius 2 is 2.08 bits per heavy atom. The van der Waals surface area contributed by atoms with E-state index in [1.54, 1.807) is 11.8 Å². The van der Waals surface area contributed by atoms with Crippen LogP contribution in [0, 0.1) is 0 Å². The Balaban J connectivity index is 1.73. The third kappa shape index (κ3) is 2.97. The van der Waals surface area contributed by atoms with Crippen LogP contribution in [0.3, 0.4) is 0 Å². The van der Waals surface area contributed by atoms with Crippen molar-refractivity contribution < 1.29 is 9.26 Å². The van der Waals surface area contributed by atoms with Crippen LogP contribution in [0.2, 0.25) is 0 Å². The summed E-state index contributed by atoms with van der Waals surface area (Å²) >= 11 is 0. The topological polar surface area (TPSA) is 81.2 Å². The fourth-order valence-corrected chi connectivity index (χ4v) is 3.26. The molecule has 4 rings (SSSR count). The van der Waals surface area contributed by atoms with Crippen molar-refractivity contribution in [2.45, 2.75) is 6.04 Å². The second kappa shape index (κ2) is 6.89. The molecule has 1 N–H and O–H groups in total. The number of rotatable bonds is 4. The second-order valence-corrected chi connectivity index (χ2v) is 6.42. The van der Waals surface area contributed by atoms with Crippen molar-refractivity contribution in [2.24, 2.45) is 7.05 Å². The molecule has 0 saturated carbocycles. The normalized spacial score (nSPS) is 18.2. The highest BCUT2D eigenvalue weighted by molar-refractivity contribution is 5.80. The van der Waals surface area contributed by atoms with Crippen LogP contribution in [0.15, 0.2) is 35.0 Å². The molecule has 136 valence electrons. The van der Waals surface area contributed by atoms with E-state index in [0.29, 0.717) is 11.7 Å². The molecule has 0 spiro atoms. The van der Waals surface area contributed by atoms with Gasteiger partial charge in [0, 0.05) is 38.4 Å². The number of aromatic nitrogens is 4. The molecule has 0 bridgehead atoms. The van der Waals surface area contributed by atoms with Crippen LogP contribution in [-0.4, -0.2) is 58.6 Å². The van der Waals surface area contributed by atoms with Gasteiger partial charge in [-0.1, -0.05) is 17.3 Å². The van der Waals surface area contributed by atoms with Gasteiger partial charge in [0.25, 0.3) is 5.89 Å². The molecular weight excluding hydrogens is 332 g/mol.